The van der Waals surface area contributed by atoms with Crippen LogP contribution in [-0.4, -0.2) is 13.4 Å². The van der Waals surface area contributed by atoms with Crippen molar-refractivity contribution in [3.05, 3.63) is 48.3 Å². The van der Waals surface area contributed by atoms with Crippen molar-refractivity contribution in [1.82, 2.24) is 4.98 Å². The molecule has 1 heterocycles. The van der Waals surface area contributed by atoms with Gasteiger partial charge in [0.05, 0.1) is 4.90 Å². The molecule has 0 spiro atoms. The van der Waals surface area contributed by atoms with Gasteiger partial charge in [-0.2, -0.15) is 0 Å². The smallest absolute Gasteiger partial charge is 0.238 e. The topological polar surface area (TPSA) is 88.0 Å². The molecule has 0 bridgehead atoms. The van der Waals surface area contributed by atoms with Crippen molar-refractivity contribution in [1.29, 1.82) is 0 Å². The Morgan fingerprint density at radius 3 is 2.76 bits per heavy atom. The highest BCUT2D eigenvalue weighted by atomic mass is 32.2. The van der Waals surface area contributed by atoms with Gasteiger partial charge in [0.25, 0.3) is 0 Å². The predicted molar refractivity (Wildman–Crippen MR) is 65.9 cm³/mol. The number of sulfonamides is 1. The first-order valence-electron chi connectivity index (χ1n) is 5.04. The van der Waals surface area contributed by atoms with E-state index in [-0.39, 0.29) is 4.90 Å². The fourth-order valence-corrected chi connectivity index (χ4v) is 2.02. The molecule has 1 aromatic carbocycles. The summed E-state index contributed by atoms with van der Waals surface area (Å²) in [4.78, 5) is 3.05. The Morgan fingerprint density at radius 1 is 1.29 bits per heavy atom. The van der Waals surface area contributed by atoms with Gasteiger partial charge in [-0.3, -0.25) is 0 Å². The zero-order valence-electron chi connectivity index (χ0n) is 9.05. The van der Waals surface area contributed by atoms with Crippen LogP contribution in [0.5, 0.6) is 0 Å². The van der Waals surface area contributed by atoms with Crippen LogP contribution in [0.3, 0.4) is 0 Å². The van der Waals surface area contributed by atoms with Crippen molar-refractivity contribution in [3.8, 4) is 0 Å². The van der Waals surface area contributed by atoms with Gasteiger partial charge in [-0.25, -0.2) is 13.6 Å². The van der Waals surface area contributed by atoms with Gasteiger partial charge in [0.15, 0.2) is 0 Å². The summed E-state index contributed by atoms with van der Waals surface area (Å²) in [6, 6.07) is 8.37. The molecule has 0 fully saturated rings. The second-order valence-corrected chi connectivity index (χ2v) is 5.21. The fraction of sp³-hybridized carbons (Fsp3) is 0.0909. The molecule has 1 aromatic heterocycles. The van der Waals surface area contributed by atoms with Crippen LogP contribution in [0.2, 0.25) is 0 Å². The summed E-state index contributed by atoms with van der Waals surface area (Å²) in [5, 5.41) is 8.18. The molecule has 4 N–H and O–H groups in total. The van der Waals surface area contributed by atoms with Gasteiger partial charge in [-0.1, -0.05) is 6.07 Å². The van der Waals surface area contributed by atoms with Crippen LogP contribution in [0.1, 0.15) is 5.56 Å². The van der Waals surface area contributed by atoms with Gasteiger partial charge >= 0.3 is 0 Å². The largest absolute Gasteiger partial charge is 0.381 e. The monoisotopic (exact) mass is 251 g/mol. The van der Waals surface area contributed by atoms with E-state index in [0.29, 0.717) is 6.54 Å². The molecule has 0 saturated heterocycles. The molecular weight excluding hydrogens is 238 g/mol. The first-order valence-corrected chi connectivity index (χ1v) is 6.59. The first kappa shape index (κ1) is 11.7. The number of anilines is 1. The summed E-state index contributed by atoms with van der Waals surface area (Å²) in [6.45, 7) is 0.623. The van der Waals surface area contributed by atoms with Crippen LogP contribution in [0.4, 0.5) is 5.69 Å². The van der Waals surface area contributed by atoms with Gasteiger partial charge in [-0.05, 0) is 29.8 Å². The number of benzene rings is 1. The number of hydrogen-bond acceptors (Lipinski definition) is 3. The third kappa shape index (κ3) is 3.08. The van der Waals surface area contributed by atoms with E-state index < -0.39 is 10.0 Å². The fourth-order valence-electron chi connectivity index (χ4n) is 1.46. The Balaban J connectivity index is 2.12. The van der Waals surface area contributed by atoms with Crippen molar-refractivity contribution in [2.45, 2.75) is 11.4 Å². The maximum atomic E-state index is 11.2. The molecule has 0 aliphatic carbocycles. The van der Waals surface area contributed by atoms with Gasteiger partial charge < -0.3 is 10.3 Å². The summed E-state index contributed by atoms with van der Waals surface area (Å²) in [5.41, 5.74) is 1.81. The van der Waals surface area contributed by atoms with E-state index in [1.807, 2.05) is 18.5 Å². The van der Waals surface area contributed by atoms with Crippen molar-refractivity contribution >= 4 is 15.7 Å². The molecule has 0 radical (unpaired) electrons. The van der Waals surface area contributed by atoms with E-state index in [2.05, 4.69) is 10.3 Å². The highest BCUT2D eigenvalue weighted by Gasteiger charge is 2.07. The Bertz CT molecular complexity index is 591. The van der Waals surface area contributed by atoms with E-state index in [1.54, 1.807) is 12.1 Å². The van der Waals surface area contributed by atoms with Gasteiger partial charge in [0.1, 0.15) is 0 Å². The second kappa shape index (κ2) is 4.60. The molecule has 0 atom stereocenters. The molecule has 0 unspecified atom stereocenters. The minimum atomic E-state index is -3.64. The molecular formula is C11H13N3O2S. The van der Waals surface area contributed by atoms with Crippen LogP contribution in [-0.2, 0) is 16.6 Å². The maximum Gasteiger partial charge on any atom is 0.238 e. The molecule has 5 nitrogen and oxygen atoms in total. The average molecular weight is 251 g/mol. The van der Waals surface area contributed by atoms with Crippen molar-refractivity contribution in [2.75, 3.05) is 5.32 Å². The second-order valence-electron chi connectivity index (χ2n) is 3.65. The lowest BCUT2D eigenvalue weighted by molar-refractivity contribution is 0.598. The average Bonchev–Trinajstić information content (AvgIpc) is 2.78. The van der Waals surface area contributed by atoms with Crippen LogP contribution in [0.15, 0.2) is 47.6 Å². The first-order chi connectivity index (χ1) is 8.05. The minimum absolute atomic E-state index is 0.108. The highest BCUT2D eigenvalue weighted by molar-refractivity contribution is 7.89. The van der Waals surface area contributed by atoms with E-state index in [9.17, 15) is 8.42 Å². The van der Waals surface area contributed by atoms with Crippen LogP contribution in [0, 0.1) is 0 Å². The van der Waals surface area contributed by atoms with Crippen molar-refractivity contribution in [3.63, 3.8) is 0 Å². The lowest BCUT2D eigenvalue weighted by Crippen LogP contribution is -2.12. The number of hydrogen-bond donors (Lipinski definition) is 3. The minimum Gasteiger partial charge on any atom is -0.381 e. The van der Waals surface area contributed by atoms with Gasteiger partial charge in [0, 0.05) is 24.6 Å². The molecule has 17 heavy (non-hydrogen) atoms. The lowest BCUT2D eigenvalue weighted by Gasteiger charge is -2.06. The zero-order chi connectivity index (χ0) is 12.3. The molecule has 0 amide bonds. The van der Waals surface area contributed by atoms with Crippen LogP contribution < -0.4 is 10.5 Å². The van der Waals surface area contributed by atoms with Crippen LogP contribution in [0.25, 0.3) is 0 Å². The van der Waals surface area contributed by atoms with E-state index in [4.69, 9.17) is 5.14 Å². The number of aromatic amines is 1. The molecule has 0 aliphatic heterocycles. The quantitative estimate of drug-likeness (QED) is 0.764. The van der Waals surface area contributed by atoms with Gasteiger partial charge in [-0.15, -0.1) is 0 Å². The number of primary sulfonamides is 1. The summed E-state index contributed by atoms with van der Waals surface area (Å²) in [6.07, 6.45) is 3.70. The number of rotatable bonds is 4. The molecule has 0 aliphatic rings. The third-order valence-corrected chi connectivity index (χ3v) is 3.23. The zero-order valence-corrected chi connectivity index (χ0v) is 9.87. The van der Waals surface area contributed by atoms with Gasteiger partial charge in [0.2, 0.25) is 10.0 Å². The molecule has 90 valence electrons. The Kier molecular flexibility index (Phi) is 3.16. The normalized spacial score (nSPS) is 11.4. The number of H-pyrrole nitrogens is 1. The SMILES string of the molecule is NS(=O)(=O)c1cccc(NCc2cc[nH]c2)c1. The summed E-state index contributed by atoms with van der Waals surface area (Å²) >= 11 is 0. The molecule has 2 aromatic rings. The highest BCUT2D eigenvalue weighted by Crippen LogP contribution is 2.14. The Morgan fingerprint density at radius 2 is 2.12 bits per heavy atom. The summed E-state index contributed by atoms with van der Waals surface area (Å²) in [5.74, 6) is 0. The lowest BCUT2D eigenvalue weighted by atomic mass is 10.3. The predicted octanol–water partition coefficient (Wildman–Crippen LogP) is 1.27. The molecule has 0 saturated carbocycles. The number of aromatic nitrogens is 1. The van der Waals surface area contributed by atoms with E-state index in [0.717, 1.165) is 11.3 Å². The number of nitrogens with two attached hydrogens (primary N) is 1. The van der Waals surface area contributed by atoms with Crippen molar-refractivity contribution in [2.24, 2.45) is 5.14 Å². The maximum absolute atomic E-state index is 11.2. The Labute approximate surface area is 99.7 Å². The molecule has 6 heteroatoms. The number of nitrogens with one attached hydrogen (secondary N) is 2. The van der Waals surface area contributed by atoms with E-state index in [1.165, 1.54) is 12.1 Å². The summed E-state index contributed by atoms with van der Waals surface area (Å²) in [7, 11) is -3.64. The standard InChI is InChI=1S/C11H13N3O2S/c12-17(15,16)11-3-1-2-10(6-11)14-8-9-4-5-13-7-9/h1-7,13-14H,8H2,(H2,12,15,16). The van der Waals surface area contributed by atoms with Crippen LogP contribution >= 0.6 is 0 Å². The molecule has 2 rings (SSSR count). The Hall–Kier alpha value is -1.79. The summed E-state index contributed by atoms with van der Waals surface area (Å²) < 4.78 is 22.3. The third-order valence-electron chi connectivity index (χ3n) is 2.32. The van der Waals surface area contributed by atoms with E-state index >= 15 is 0 Å². The van der Waals surface area contributed by atoms with Crippen molar-refractivity contribution < 1.29 is 8.42 Å².